The van der Waals surface area contributed by atoms with Crippen molar-refractivity contribution in [3.63, 3.8) is 0 Å². The summed E-state index contributed by atoms with van der Waals surface area (Å²) in [4.78, 5) is 14.7. The van der Waals surface area contributed by atoms with Crippen molar-refractivity contribution in [3.05, 3.63) is 71.8 Å². The summed E-state index contributed by atoms with van der Waals surface area (Å²) in [5, 5.41) is 0. The maximum Gasteiger partial charge on any atom is 0.410 e. The van der Waals surface area contributed by atoms with E-state index in [1.807, 2.05) is 69.3 Å². The van der Waals surface area contributed by atoms with Gasteiger partial charge in [0.25, 0.3) is 0 Å². The molecule has 1 heterocycles. The SMILES string of the molecule is C=Cc1cc(CN(C(=O)OC(C)(C)C)C2CCOC2)cc(OCc2ccccc2)c1. The summed E-state index contributed by atoms with van der Waals surface area (Å²) in [5.74, 6) is 0.748. The summed E-state index contributed by atoms with van der Waals surface area (Å²) in [5.41, 5.74) is 2.46. The first-order chi connectivity index (χ1) is 14.3. The summed E-state index contributed by atoms with van der Waals surface area (Å²) in [6, 6.07) is 16.0. The van der Waals surface area contributed by atoms with Gasteiger partial charge in [-0.25, -0.2) is 4.79 Å². The Hall–Kier alpha value is -2.79. The second-order valence-corrected chi connectivity index (χ2v) is 8.51. The van der Waals surface area contributed by atoms with E-state index in [1.54, 1.807) is 11.0 Å². The average molecular weight is 410 g/mol. The lowest BCUT2D eigenvalue weighted by molar-refractivity contribution is 0.0126. The van der Waals surface area contributed by atoms with E-state index < -0.39 is 5.60 Å². The lowest BCUT2D eigenvalue weighted by atomic mass is 10.1. The number of carbonyl (C=O) groups excluding carboxylic acids is 1. The molecule has 1 aliphatic heterocycles. The highest BCUT2D eigenvalue weighted by atomic mass is 16.6. The maximum atomic E-state index is 12.9. The predicted molar refractivity (Wildman–Crippen MR) is 118 cm³/mol. The zero-order valence-electron chi connectivity index (χ0n) is 18.1. The first-order valence-electron chi connectivity index (χ1n) is 10.3. The van der Waals surface area contributed by atoms with E-state index in [0.717, 1.165) is 28.9 Å². The molecular formula is C25H31NO4. The van der Waals surface area contributed by atoms with Crippen molar-refractivity contribution in [2.45, 2.75) is 52.0 Å². The van der Waals surface area contributed by atoms with Crippen LogP contribution in [0.2, 0.25) is 0 Å². The molecule has 1 atom stereocenters. The van der Waals surface area contributed by atoms with E-state index in [9.17, 15) is 4.79 Å². The molecule has 0 aromatic heterocycles. The Kier molecular flexibility index (Phi) is 7.16. The Morgan fingerprint density at radius 3 is 2.60 bits per heavy atom. The number of amides is 1. The van der Waals surface area contributed by atoms with Gasteiger partial charge in [-0.3, -0.25) is 4.90 Å². The Bertz CT molecular complexity index is 851. The molecule has 0 spiro atoms. The summed E-state index contributed by atoms with van der Waals surface area (Å²) in [6.45, 7) is 11.6. The lowest BCUT2D eigenvalue weighted by Gasteiger charge is -2.31. The molecule has 2 aromatic rings. The van der Waals surface area contributed by atoms with Crippen LogP contribution >= 0.6 is 0 Å². The van der Waals surface area contributed by atoms with Crippen LogP contribution in [-0.4, -0.2) is 35.8 Å². The highest BCUT2D eigenvalue weighted by molar-refractivity contribution is 5.69. The van der Waals surface area contributed by atoms with Crippen LogP contribution < -0.4 is 4.74 Å². The van der Waals surface area contributed by atoms with Gasteiger partial charge in [0, 0.05) is 13.2 Å². The second kappa shape index (κ2) is 9.81. The van der Waals surface area contributed by atoms with Crippen LogP contribution in [0.1, 0.15) is 43.9 Å². The molecule has 1 saturated heterocycles. The van der Waals surface area contributed by atoms with Crippen LogP contribution in [0.5, 0.6) is 5.75 Å². The number of nitrogens with zero attached hydrogens (tertiary/aromatic N) is 1. The summed E-state index contributed by atoms with van der Waals surface area (Å²) in [7, 11) is 0. The predicted octanol–water partition coefficient (Wildman–Crippen LogP) is 5.43. The molecule has 160 valence electrons. The Labute approximate surface area is 179 Å². The van der Waals surface area contributed by atoms with Crippen molar-refractivity contribution in [2.24, 2.45) is 0 Å². The van der Waals surface area contributed by atoms with Crippen LogP contribution in [0.25, 0.3) is 6.08 Å². The summed E-state index contributed by atoms with van der Waals surface area (Å²) in [6.07, 6.45) is 2.27. The molecule has 0 aliphatic carbocycles. The van der Waals surface area contributed by atoms with E-state index in [-0.39, 0.29) is 12.1 Å². The molecule has 0 bridgehead atoms. The van der Waals surface area contributed by atoms with Gasteiger partial charge in [-0.05, 0) is 62.1 Å². The summed E-state index contributed by atoms with van der Waals surface area (Å²) >= 11 is 0. The molecule has 1 unspecified atom stereocenters. The van der Waals surface area contributed by atoms with Crippen LogP contribution in [0.4, 0.5) is 4.79 Å². The number of ether oxygens (including phenoxy) is 3. The molecule has 0 saturated carbocycles. The molecule has 1 fully saturated rings. The lowest BCUT2D eigenvalue weighted by Crippen LogP contribution is -2.43. The highest BCUT2D eigenvalue weighted by Crippen LogP contribution is 2.24. The van der Waals surface area contributed by atoms with Gasteiger partial charge in [0.15, 0.2) is 0 Å². The minimum absolute atomic E-state index is 0.000856. The van der Waals surface area contributed by atoms with Crippen molar-refractivity contribution in [2.75, 3.05) is 13.2 Å². The molecule has 2 aromatic carbocycles. The van der Waals surface area contributed by atoms with Crippen molar-refractivity contribution in [1.29, 1.82) is 0 Å². The van der Waals surface area contributed by atoms with Crippen LogP contribution in [-0.2, 0) is 22.6 Å². The fourth-order valence-electron chi connectivity index (χ4n) is 3.35. The third-order valence-corrected chi connectivity index (χ3v) is 4.80. The van der Waals surface area contributed by atoms with Crippen molar-refractivity contribution in [1.82, 2.24) is 4.90 Å². The zero-order valence-corrected chi connectivity index (χ0v) is 18.1. The Morgan fingerprint density at radius 2 is 1.97 bits per heavy atom. The molecule has 1 amide bonds. The molecule has 5 nitrogen and oxygen atoms in total. The minimum Gasteiger partial charge on any atom is -0.489 e. The van der Waals surface area contributed by atoms with Gasteiger partial charge in [0.2, 0.25) is 0 Å². The summed E-state index contributed by atoms with van der Waals surface area (Å²) < 4.78 is 17.2. The molecule has 0 radical (unpaired) electrons. The number of benzene rings is 2. The molecule has 30 heavy (non-hydrogen) atoms. The smallest absolute Gasteiger partial charge is 0.410 e. The first-order valence-corrected chi connectivity index (χ1v) is 10.3. The first kappa shape index (κ1) is 21.9. The molecular weight excluding hydrogens is 378 g/mol. The number of rotatable bonds is 7. The van der Waals surface area contributed by atoms with Crippen LogP contribution in [0, 0.1) is 0 Å². The van der Waals surface area contributed by atoms with Gasteiger partial charge < -0.3 is 14.2 Å². The van der Waals surface area contributed by atoms with Crippen LogP contribution in [0.3, 0.4) is 0 Å². The Balaban J connectivity index is 1.79. The molecule has 1 aliphatic rings. The monoisotopic (exact) mass is 409 g/mol. The third kappa shape index (κ3) is 6.36. The normalized spacial score (nSPS) is 16.2. The van der Waals surface area contributed by atoms with E-state index in [2.05, 4.69) is 6.58 Å². The third-order valence-electron chi connectivity index (χ3n) is 4.80. The fourth-order valence-corrected chi connectivity index (χ4v) is 3.35. The van der Waals surface area contributed by atoms with Crippen molar-refractivity contribution >= 4 is 12.2 Å². The fraction of sp³-hybridized carbons (Fsp3) is 0.400. The Morgan fingerprint density at radius 1 is 1.20 bits per heavy atom. The largest absolute Gasteiger partial charge is 0.489 e. The highest BCUT2D eigenvalue weighted by Gasteiger charge is 2.31. The molecule has 0 N–H and O–H groups in total. The van der Waals surface area contributed by atoms with E-state index in [0.29, 0.717) is 26.4 Å². The second-order valence-electron chi connectivity index (χ2n) is 8.51. The van der Waals surface area contributed by atoms with Gasteiger partial charge in [-0.15, -0.1) is 0 Å². The number of hydrogen-bond acceptors (Lipinski definition) is 4. The topological polar surface area (TPSA) is 48.0 Å². The van der Waals surface area contributed by atoms with E-state index in [1.165, 1.54) is 0 Å². The van der Waals surface area contributed by atoms with Crippen molar-refractivity contribution < 1.29 is 19.0 Å². The quantitative estimate of drug-likeness (QED) is 0.611. The standard InChI is InChI=1S/C25H31NO4/c1-5-19-13-21(15-23(14-19)29-17-20-9-7-6-8-10-20)16-26(22-11-12-28-18-22)24(27)30-25(2,3)4/h5-10,13-15,22H,1,11-12,16-18H2,2-4H3. The van der Waals surface area contributed by atoms with Gasteiger partial charge in [0.1, 0.15) is 18.0 Å². The minimum atomic E-state index is -0.554. The van der Waals surface area contributed by atoms with E-state index in [4.69, 9.17) is 14.2 Å². The van der Waals surface area contributed by atoms with Gasteiger partial charge >= 0.3 is 6.09 Å². The maximum absolute atomic E-state index is 12.9. The van der Waals surface area contributed by atoms with E-state index >= 15 is 0 Å². The zero-order chi connectivity index (χ0) is 21.6. The van der Waals surface area contributed by atoms with Gasteiger partial charge in [-0.2, -0.15) is 0 Å². The average Bonchev–Trinajstić information content (AvgIpc) is 3.24. The molecule has 3 rings (SSSR count). The van der Waals surface area contributed by atoms with Gasteiger partial charge in [0.05, 0.1) is 12.6 Å². The molecule has 5 heteroatoms. The number of hydrogen-bond donors (Lipinski definition) is 0. The van der Waals surface area contributed by atoms with Gasteiger partial charge in [-0.1, -0.05) is 43.0 Å². The van der Waals surface area contributed by atoms with Crippen LogP contribution in [0.15, 0.2) is 55.1 Å². The number of carbonyl (C=O) groups is 1. The van der Waals surface area contributed by atoms with Crippen molar-refractivity contribution in [3.8, 4) is 5.75 Å².